The van der Waals surface area contributed by atoms with Gasteiger partial charge in [0.05, 0.1) is 12.8 Å². The molecule has 1 aliphatic carbocycles. The average molecular weight is 257 g/mol. The second kappa shape index (κ2) is 4.61. The minimum Gasteiger partial charge on any atom is -0.497 e. The Morgan fingerprint density at radius 2 is 2.16 bits per heavy atom. The second-order valence-electron chi connectivity index (χ2n) is 5.13. The Bertz CT molecular complexity index is 599. The lowest BCUT2D eigenvalue weighted by Gasteiger charge is -2.24. The number of aromatic nitrogens is 2. The van der Waals surface area contributed by atoms with Crippen molar-refractivity contribution in [2.75, 3.05) is 12.8 Å². The van der Waals surface area contributed by atoms with Crippen molar-refractivity contribution >= 4 is 5.82 Å². The molecule has 1 aromatic carbocycles. The summed E-state index contributed by atoms with van der Waals surface area (Å²) in [7, 11) is 3.58. The van der Waals surface area contributed by atoms with Gasteiger partial charge in [-0.05, 0) is 30.5 Å². The lowest BCUT2D eigenvalue weighted by Crippen LogP contribution is -2.10. The van der Waals surface area contributed by atoms with Gasteiger partial charge < -0.3 is 10.5 Å². The molecular weight excluding hydrogens is 238 g/mol. The minimum atomic E-state index is 0.560. The molecule has 100 valence electrons. The van der Waals surface area contributed by atoms with Gasteiger partial charge in [0, 0.05) is 18.5 Å². The number of anilines is 1. The third kappa shape index (κ3) is 1.97. The van der Waals surface area contributed by atoms with Crippen LogP contribution < -0.4 is 10.5 Å². The zero-order chi connectivity index (χ0) is 13.4. The number of nitrogens with two attached hydrogens (primary N) is 1. The first kappa shape index (κ1) is 12.1. The fraction of sp³-hybridized carbons (Fsp3) is 0.400. The van der Waals surface area contributed by atoms with Crippen LogP contribution in [0, 0.1) is 0 Å². The van der Waals surface area contributed by atoms with Crippen LogP contribution in [0.25, 0.3) is 11.1 Å². The topological polar surface area (TPSA) is 53.1 Å². The Balaban J connectivity index is 2.11. The van der Waals surface area contributed by atoms with E-state index in [0.717, 1.165) is 28.4 Å². The smallest absolute Gasteiger partial charge is 0.129 e. The van der Waals surface area contributed by atoms with E-state index < -0.39 is 0 Å². The van der Waals surface area contributed by atoms with Crippen LogP contribution in [0.15, 0.2) is 24.3 Å². The van der Waals surface area contributed by atoms with Crippen molar-refractivity contribution in [1.82, 2.24) is 9.78 Å². The van der Waals surface area contributed by atoms with Crippen LogP contribution in [-0.4, -0.2) is 16.9 Å². The molecule has 2 aromatic rings. The summed E-state index contributed by atoms with van der Waals surface area (Å²) in [6.45, 7) is 0. The van der Waals surface area contributed by atoms with Crippen molar-refractivity contribution in [1.29, 1.82) is 0 Å². The van der Waals surface area contributed by atoms with Gasteiger partial charge in [0.15, 0.2) is 0 Å². The molecule has 1 saturated carbocycles. The highest BCUT2D eigenvalue weighted by molar-refractivity contribution is 5.78. The molecule has 1 fully saturated rings. The molecular formula is C15H19N3O. The number of methoxy groups -OCH3 is 1. The van der Waals surface area contributed by atoms with E-state index in [1.54, 1.807) is 11.8 Å². The van der Waals surface area contributed by atoms with Crippen LogP contribution in [-0.2, 0) is 7.05 Å². The van der Waals surface area contributed by atoms with Gasteiger partial charge in [-0.2, -0.15) is 5.10 Å². The lowest BCUT2D eigenvalue weighted by atomic mass is 9.80. The SMILES string of the molecule is COc1cccc(-c2c(C3CCC3)nn(C)c2N)c1. The summed E-state index contributed by atoms with van der Waals surface area (Å²) in [4.78, 5) is 0. The van der Waals surface area contributed by atoms with Crippen molar-refractivity contribution in [3.8, 4) is 16.9 Å². The molecule has 1 heterocycles. The van der Waals surface area contributed by atoms with Crippen molar-refractivity contribution < 1.29 is 4.74 Å². The number of rotatable bonds is 3. The van der Waals surface area contributed by atoms with Crippen LogP contribution in [0.3, 0.4) is 0 Å². The standard InChI is InChI=1S/C15H19N3O/c1-18-15(16)13(14(17-18)10-5-3-6-10)11-7-4-8-12(9-11)19-2/h4,7-10H,3,5-6,16H2,1-2H3. The molecule has 0 atom stereocenters. The highest BCUT2D eigenvalue weighted by atomic mass is 16.5. The molecule has 19 heavy (non-hydrogen) atoms. The van der Waals surface area contributed by atoms with E-state index in [0.29, 0.717) is 5.92 Å². The number of nitrogens with zero attached hydrogens (tertiary/aromatic N) is 2. The number of benzene rings is 1. The summed E-state index contributed by atoms with van der Waals surface area (Å²) in [5.74, 6) is 2.14. The molecule has 0 aliphatic heterocycles. The highest BCUT2D eigenvalue weighted by Crippen LogP contribution is 2.43. The van der Waals surface area contributed by atoms with Crippen LogP contribution in [0.5, 0.6) is 5.75 Å². The third-order valence-electron chi connectivity index (χ3n) is 3.97. The van der Waals surface area contributed by atoms with E-state index >= 15 is 0 Å². The molecule has 0 radical (unpaired) electrons. The third-order valence-corrected chi connectivity index (χ3v) is 3.97. The number of ether oxygens (including phenoxy) is 1. The molecule has 3 rings (SSSR count). The lowest BCUT2D eigenvalue weighted by molar-refractivity contribution is 0.408. The van der Waals surface area contributed by atoms with E-state index in [1.165, 1.54) is 19.3 Å². The summed E-state index contributed by atoms with van der Waals surface area (Å²) in [6, 6.07) is 8.03. The Kier molecular flexibility index (Phi) is 2.93. The molecule has 0 unspecified atom stereocenters. The maximum atomic E-state index is 6.20. The normalized spacial score (nSPS) is 15.3. The van der Waals surface area contributed by atoms with E-state index in [2.05, 4.69) is 11.2 Å². The Labute approximate surface area is 113 Å². The molecule has 1 aliphatic rings. The van der Waals surface area contributed by atoms with Crippen LogP contribution in [0.1, 0.15) is 30.9 Å². The van der Waals surface area contributed by atoms with E-state index in [4.69, 9.17) is 10.5 Å². The zero-order valence-electron chi connectivity index (χ0n) is 11.4. The quantitative estimate of drug-likeness (QED) is 0.919. The second-order valence-corrected chi connectivity index (χ2v) is 5.13. The minimum absolute atomic E-state index is 0.560. The monoisotopic (exact) mass is 257 g/mol. The van der Waals surface area contributed by atoms with Gasteiger partial charge in [-0.15, -0.1) is 0 Å². The summed E-state index contributed by atoms with van der Waals surface area (Å²) >= 11 is 0. The van der Waals surface area contributed by atoms with E-state index in [9.17, 15) is 0 Å². The first-order valence-electron chi connectivity index (χ1n) is 6.67. The van der Waals surface area contributed by atoms with Gasteiger partial charge >= 0.3 is 0 Å². The highest BCUT2D eigenvalue weighted by Gasteiger charge is 2.27. The molecule has 0 spiro atoms. The predicted octanol–water partition coefficient (Wildman–Crippen LogP) is 2.95. The van der Waals surface area contributed by atoms with Crippen LogP contribution in [0.4, 0.5) is 5.82 Å². The van der Waals surface area contributed by atoms with Gasteiger partial charge in [-0.1, -0.05) is 18.6 Å². The zero-order valence-corrected chi connectivity index (χ0v) is 11.4. The van der Waals surface area contributed by atoms with E-state index in [-0.39, 0.29) is 0 Å². The first-order chi connectivity index (χ1) is 9.20. The first-order valence-corrected chi connectivity index (χ1v) is 6.67. The molecule has 4 heteroatoms. The molecule has 4 nitrogen and oxygen atoms in total. The Morgan fingerprint density at radius 1 is 1.37 bits per heavy atom. The summed E-state index contributed by atoms with van der Waals surface area (Å²) in [5, 5.41) is 4.61. The summed E-state index contributed by atoms with van der Waals surface area (Å²) in [6.07, 6.45) is 3.72. The number of aryl methyl sites for hydroxylation is 1. The van der Waals surface area contributed by atoms with Crippen molar-refractivity contribution in [3.05, 3.63) is 30.0 Å². The maximum Gasteiger partial charge on any atom is 0.129 e. The van der Waals surface area contributed by atoms with Crippen molar-refractivity contribution in [2.24, 2.45) is 7.05 Å². The molecule has 1 aromatic heterocycles. The Morgan fingerprint density at radius 3 is 2.79 bits per heavy atom. The molecule has 2 N–H and O–H groups in total. The van der Waals surface area contributed by atoms with Gasteiger partial charge in [0.2, 0.25) is 0 Å². The molecule has 0 bridgehead atoms. The number of hydrogen-bond donors (Lipinski definition) is 1. The van der Waals surface area contributed by atoms with E-state index in [1.807, 2.05) is 25.2 Å². The maximum absolute atomic E-state index is 6.20. The van der Waals surface area contributed by atoms with Crippen LogP contribution in [0.2, 0.25) is 0 Å². The van der Waals surface area contributed by atoms with Gasteiger partial charge in [0.25, 0.3) is 0 Å². The summed E-state index contributed by atoms with van der Waals surface area (Å²) in [5.41, 5.74) is 9.51. The fourth-order valence-corrected chi connectivity index (χ4v) is 2.60. The van der Waals surface area contributed by atoms with Gasteiger partial charge in [-0.25, -0.2) is 0 Å². The summed E-state index contributed by atoms with van der Waals surface area (Å²) < 4.78 is 7.08. The predicted molar refractivity (Wildman–Crippen MR) is 76.2 cm³/mol. The fourth-order valence-electron chi connectivity index (χ4n) is 2.60. The number of nitrogen functional groups attached to an aromatic ring is 1. The van der Waals surface area contributed by atoms with Gasteiger partial charge in [0.1, 0.15) is 11.6 Å². The average Bonchev–Trinajstić information content (AvgIpc) is 2.63. The molecule has 0 saturated heterocycles. The van der Waals surface area contributed by atoms with Crippen molar-refractivity contribution in [2.45, 2.75) is 25.2 Å². The van der Waals surface area contributed by atoms with Gasteiger partial charge in [-0.3, -0.25) is 4.68 Å². The molecule has 0 amide bonds. The van der Waals surface area contributed by atoms with Crippen LogP contribution >= 0.6 is 0 Å². The Hall–Kier alpha value is -1.97. The largest absolute Gasteiger partial charge is 0.497 e. The van der Waals surface area contributed by atoms with Crippen molar-refractivity contribution in [3.63, 3.8) is 0 Å². The number of hydrogen-bond acceptors (Lipinski definition) is 3.